The lowest BCUT2D eigenvalue weighted by Gasteiger charge is -2.28. The molecule has 104 valence electrons. The molecular weight excluding hydrogens is 243 g/mol. The number of halogens is 1. The van der Waals surface area contributed by atoms with Crippen LogP contribution in [0.5, 0.6) is 0 Å². The third-order valence-electron chi connectivity index (χ3n) is 3.70. The van der Waals surface area contributed by atoms with Crippen LogP contribution < -0.4 is 5.32 Å². The Morgan fingerprint density at radius 1 is 1.47 bits per heavy atom. The van der Waals surface area contributed by atoms with Crippen LogP contribution in [0.15, 0.2) is 24.3 Å². The van der Waals surface area contributed by atoms with Crippen molar-refractivity contribution in [2.45, 2.75) is 38.8 Å². The highest BCUT2D eigenvalue weighted by Crippen LogP contribution is 2.19. The number of rotatable bonds is 4. The van der Waals surface area contributed by atoms with Gasteiger partial charge in [0.05, 0.1) is 5.56 Å². The number of hydrogen-bond acceptors (Lipinski definition) is 2. The average molecular weight is 264 g/mol. The maximum Gasteiger partial charge on any atom is 0.254 e. The van der Waals surface area contributed by atoms with Gasteiger partial charge < -0.3 is 5.32 Å². The molecule has 1 aliphatic rings. The highest BCUT2D eigenvalue weighted by Gasteiger charge is 2.26. The van der Waals surface area contributed by atoms with Gasteiger partial charge in [-0.3, -0.25) is 9.69 Å². The predicted octanol–water partition coefficient (Wildman–Crippen LogP) is 2.43. The molecule has 0 spiro atoms. The van der Waals surface area contributed by atoms with Crippen LogP contribution in [0.4, 0.5) is 4.39 Å². The van der Waals surface area contributed by atoms with Gasteiger partial charge in [0.2, 0.25) is 0 Å². The average Bonchev–Trinajstić information content (AvgIpc) is 2.85. The standard InChI is InChI=1S/C15H21FN2O/c1-11(2)18-9-5-6-12(18)10-17-15(19)13-7-3-4-8-14(13)16/h3-4,7-8,11-12H,5-6,9-10H2,1-2H3,(H,17,19)/t12-/m1/s1. The molecule has 1 atom stereocenters. The van der Waals surface area contributed by atoms with Crippen LogP contribution in [-0.4, -0.2) is 36.0 Å². The Kier molecular flexibility index (Phi) is 4.53. The lowest BCUT2D eigenvalue weighted by atomic mass is 10.1. The number of hydrogen-bond donors (Lipinski definition) is 1. The molecule has 0 unspecified atom stereocenters. The first kappa shape index (κ1) is 14.0. The zero-order valence-electron chi connectivity index (χ0n) is 11.5. The summed E-state index contributed by atoms with van der Waals surface area (Å²) in [5, 5.41) is 2.85. The number of carbonyl (C=O) groups excluding carboxylic acids is 1. The monoisotopic (exact) mass is 264 g/mol. The summed E-state index contributed by atoms with van der Waals surface area (Å²) in [6.45, 7) is 6.00. The Hall–Kier alpha value is -1.42. The summed E-state index contributed by atoms with van der Waals surface area (Å²) in [6.07, 6.45) is 2.26. The maximum atomic E-state index is 13.5. The number of nitrogens with zero attached hydrogens (tertiary/aromatic N) is 1. The highest BCUT2D eigenvalue weighted by atomic mass is 19.1. The summed E-state index contributed by atoms with van der Waals surface area (Å²) in [5.41, 5.74) is 0.122. The van der Waals surface area contributed by atoms with Crippen molar-refractivity contribution in [3.8, 4) is 0 Å². The molecule has 1 aromatic rings. The van der Waals surface area contributed by atoms with E-state index in [9.17, 15) is 9.18 Å². The molecule has 1 fully saturated rings. The van der Waals surface area contributed by atoms with Crippen molar-refractivity contribution in [2.24, 2.45) is 0 Å². The van der Waals surface area contributed by atoms with Crippen LogP contribution in [0.25, 0.3) is 0 Å². The van der Waals surface area contributed by atoms with E-state index < -0.39 is 5.82 Å². The lowest BCUT2D eigenvalue weighted by Crippen LogP contribution is -2.43. The number of likely N-dealkylation sites (tertiary alicyclic amines) is 1. The van der Waals surface area contributed by atoms with E-state index in [1.807, 2.05) is 0 Å². The molecule has 0 radical (unpaired) electrons. The van der Waals surface area contributed by atoms with Gasteiger partial charge >= 0.3 is 0 Å². The molecule has 1 saturated heterocycles. The normalized spacial score (nSPS) is 19.9. The molecular formula is C15H21FN2O. The molecule has 4 heteroatoms. The van der Waals surface area contributed by atoms with Crippen molar-refractivity contribution >= 4 is 5.91 Å². The molecule has 1 heterocycles. The first-order valence-corrected chi connectivity index (χ1v) is 6.88. The zero-order chi connectivity index (χ0) is 13.8. The minimum Gasteiger partial charge on any atom is -0.350 e. The van der Waals surface area contributed by atoms with E-state index in [1.54, 1.807) is 12.1 Å². The minimum absolute atomic E-state index is 0.122. The van der Waals surface area contributed by atoms with Gasteiger partial charge in [-0.25, -0.2) is 4.39 Å². The van der Waals surface area contributed by atoms with Gasteiger partial charge in [0.25, 0.3) is 5.91 Å². The first-order valence-electron chi connectivity index (χ1n) is 6.88. The quantitative estimate of drug-likeness (QED) is 0.906. The van der Waals surface area contributed by atoms with Crippen molar-refractivity contribution in [3.63, 3.8) is 0 Å². The molecule has 1 amide bonds. The van der Waals surface area contributed by atoms with E-state index in [0.29, 0.717) is 18.6 Å². The fourth-order valence-electron chi connectivity index (χ4n) is 2.71. The van der Waals surface area contributed by atoms with E-state index in [2.05, 4.69) is 24.1 Å². The van der Waals surface area contributed by atoms with Crippen molar-refractivity contribution in [1.29, 1.82) is 0 Å². The summed E-state index contributed by atoms with van der Waals surface area (Å²) >= 11 is 0. The maximum absolute atomic E-state index is 13.5. The smallest absolute Gasteiger partial charge is 0.254 e. The van der Waals surface area contributed by atoms with Crippen molar-refractivity contribution < 1.29 is 9.18 Å². The van der Waals surface area contributed by atoms with E-state index in [4.69, 9.17) is 0 Å². The number of nitrogens with one attached hydrogen (secondary N) is 1. The molecule has 19 heavy (non-hydrogen) atoms. The SMILES string of the molecule is CC(C)N1CCC[C@@H]1CNC(=O)c1ccccc1F. The van der Waals surface area contributed by atoms with Gasteiger partial charge in [0.15, 0.2) is 0 Å². The topological polar surface area (TPSA) is 32.3 Å². The van der Waals surface area contributed by atoms with Crippen LogP contribution in [0.3, 0.4) is 0 Å². The van der Waals surface area contributed by atoms with Crippen LogP contribution in [0.2, 0.25) is 0 Å². The highest BCUT2D eigenvalue weighted by molar-refractivity contribution is 5.94. The third-order valence-corrected chi connectivity index (χ3v) is 3.70. The van der Waals surface area contributed by atoms with Gasteiger partial charge in [0, 0.05) is 18.6 Å². The Labute approximate surface area is 113 Å². The summed E-state index contributed by atoms with van der Waals surface area (Å²) in [7, 11) is 0. The van der Waals surface area contributed by atoms with E-state index in [0.717, 1.165) is 13.0 Å². The molecule has 2 rings (SSSR count). The van der Waals surface area contributed by atoms with Gasteiger partial charge in [-0.05, 0) is 45.4 Å². The van der Waals surface area contributed by atoms with E-state index in [1.165, 1.54) is 18.6 Å². The molecule has 0 aliphatic carbocycles. The van der Waals surface area contributed by atoms with Crippen LogP contribution in [-0.2, 0) is 0 Å². The summed E-state index contributed by atoms with van der Waals surface area (Å²) in [5.74, 6) is -0.791. The van der Waals surface area contributed by atoms with Crippen molar-refractivity contribution in [2.75, 3.05) is 13.1 Å². The molecule has 3 nitrogen and oxygen atoms in total. The summed E-state index contributed by atoms with van der Waals surface area (Å²) in [6, 6.07) is 6.94. The van der Waals surface area contributed by atoms with Gasteiger partial charge in [-0.1, -0.05) is 12.1 Å². The second-order valence-corrected chi connectivity index (χ2v) is 5.32. The van der Waals surface area contributed by atoms with Crippen molar-refractivity contribution in [1.82, 2.24) is 10.2 Å². The Morgan fingerprint density at radius 2 is 2.21 bits per heavy atom. The largest absolute Gasteiger partial charge is 0.350 e. The fraction of sp³-hybridized carbons (Fsp3) is 0.533. The Balaban J connectivity index is 1.92. The van der Waals surface area contributed by atoms with Crippen LogP contribution in [0, 0.1) is 5.82 Å². The second-order valence-electron chi connectivity index (χ2n) is 5.32. The van der Waals surface area contributed by atoms with E-state index >= 15 is 0 Å². The summed E-state index contributed by atoms with van der Waals surface area (Å²) in [4.78, 5) is 14.3. The second kappa shape index (κ2) is 6.15. The lowest BCUT2D eigenvalue weighted by molar-refractivity contribution is 0.0931. The fourth-order valence-corrected chi connectivity index (χ4v) is 2.71. The van der Waals surface area contributed by atoms with Gasteiger partial charge in [-0.15, -0.1) is 0 Å². The molecule has 0 saturated carbocycles. The van der Waals surface area contributed by atoms with Crippen LogP contribution in [0.1, 0.15) is 37.0 Å². The molecule has 0 aromatic heterocycles. The summed E-state index contributed by atoms with van der Waals surface area (Å²) < 4.78 is 13.5. The van der Waals surface area contributed by atoms with Gasteiger partial charge in [0.1, 0.15) is 5.82 Å². The zero-order valence-corrected chi connectivity index (χ0v) is 11.5. The molecule has 1 N–H and O–H groups in total. The molecule has 1 aromatic carbocycles. The first-order chi connectivity index (χ1) is 9.09. The molecule has 0 bridgehead atoms. The number of amides is 1. The van der Waals surface area contributed by atoms with Crippen LogP contribution >= 0.6 is 0 Å². The van der Waals surface area contributed by atoms with Crippen molar-refractivity contribution in [3.05, 3.63) is 35.6 Å². The van der Waals surface area contributed by atoms with E-state index in [-0.39, 0.29) is 11.5 Å². The number of benzene rings is 1. The van der Waals surface area contributed by atoms with Gasteiger partial charge in [-0.2, -0.15) is 0 Å². The number of carbonyl (C=O) groups is 1. The Bertz CT molecular complexity index is 448. The predicted molar refractivity (Wildman–Crippen MR) is 73.6 cm³/mol. The third kappa shape index (κ3) is 3.32. The molecule has 1 aliphatic heterocycles. The minimum atomic E-state index is -0.466. The Morgan fingerprint density at radius 3 is 2.89 bits per heavy atom.